The largest absolute Gasteiger partial charge is 0.388 e. The van der Waals surface area contributed by atoms with Crippen molar-refractivity contribution in [2.75, 3.05) is 145 Å². The predicted octanol–water partition coefficient (Wildman–Crippen LogP) is -1.01. The maximum atomic E-state index is 13.9. The van der Waals surface area contributed by atoms with Gasteiger partial charge in [-0.3, -0.25) is 23.6 Å². The smallest absolute Gasteiger partial charge is 0.276 e. The fraction of sp³-hybridized carbons (Fsp3) is 0.577. The quantitative estimate of drug-likeness (QED) is 0.0268. The van der Waals surface area contributed by atoms with E-state index in [1.807, 2.05) is 0 Å². The number of nitrogens with zero attached hydrogens (tertiary/aromatic N) is 18. The third-order valence-electron chi connectivity index (χ3n) is 11.1. The Hall–Kier alpha value is -8.38. The van der Waals surface area contributed by atoms with E-state index in [0.717, 1.165) is 0 Å². The Balaban J connectivity index is 1.05. The first-order valence-corrected chi connectivity index (χ1v) is 26.7. The van der Waals surface area contributed by atoms with Crippen LogP contribution in [0.25, 0.3) is 0 Å². The zero-order chi connectivity index (χ0) is 59.5. The standard InChI is InChI=1S/C52H72N20O12/c1-5-19-75-27-31-81-41-45(55-53)35-54-9-10-66(11-14-68-36-46(56-61-68)42-82-32-28-76-20-6-2)51(73)49-39-71(64-59-49)17-23-79-25-26-80-24-18-72-40-50(60-65-72)52(74)67(12-15-69-37-47(57-62-69)43-83-33-29-77-21-7-3)13-16-70-38-48(58-63-70)44-84-34-30-78-22-8-4/h1-4,35-40,53-54H,9-34,41-44H2/b45-35-,55-53?. The summed E-state index contributed by atoms with van der Waals surface area (Å²) >= 11 is 0. The van der Waals surface area contributed by atoms with Gasteiger partial charge in [-0.15, -0.1) is 51.2 Å². The van der Waals surface area contributed by atoms with Crippen molar-refractivity contribution in [1.29, 1.82) is 5.53 Å². The lowest BCUT2D eigenvalue weighted by atomic mass is 10.3. The molecule has 32 nitrogen and oxygen atoms in total. The van der Waals surface area contributed by atoms with Crippen molar-refractivity contribution < 1.29 is 57.0 Å². The van der Waals surface area contributed by atoms with E-state index in [-0.39, 0.29) is 135 Å². The molecule has 2 N–H and O–H groups in total. The molecule has 32 heteroatoms. The van der Waals surface area contributed by atoms with E-state index in [4.69, 9.17) is 78.6 Å². The van der Waals surface area contributed by atoms with Crippen LogP contribution in [0.4, 0.5) is 0 Å². The molecule has 5 aromatic heterocycles. The van der Waals surface area contributed by atoms with E-state index in [0.29, 0.717) is 108 Å². The number of rotatable bonds is 49. The van der Waals surface area contributed by atoms with Crippen molar-refractivity contribution in [3.05, 3.63) is 71.4 Å². The van der Waals surface area contributed by atoms with Gasteiger partial charge in [0.1, 0.15) is 49.2 Å². The Morgan fingerprint density at radius 2 is 0.810 bits per heavy atom. The van der Waals surface area contributed by atoms with E-state index < -0.39 is 0 Å². The SMILES string of the molecule is C#CCOCCOC/C(=C/NCCN(CCn1cc(COCCOCC#C)nn1)C(=O)c1cn(CCOCCOCCn2cc(C(=O)N(CCn3cc(COCCOCC#C)nn3)CCn3cc(COCCOCC#C)nn3)nn2)nn1)N=N. The first-order valence-electron chi connectivity index (χ1n) is 26.7. The van der Waals surface area contributed by atoms with Gasteiger partial charge in [0.15, 0.2) is 11.4 Å². The maximum Gasteiger partial charge on any atom is 0.276 e. The number of ether oxygens (including phenoxy) is 10. The molecule has 0 aromatic carbocycles. The van der Waals surface area contributed by atoms with Crippen LogP contribution in [0, 0.1) is 54.9 Å². The average Bonchev–Trinajstić information content (AvgIpc) is 4.57. The molecular weight excluding hydrogens is 1100 g/mol. The average molecular weight is 1170 g/mol. The molecule has 5 aromatic rings. The van der Waals surface area contributed by atoms with Gasteiger partial charge in [0.25, 0.3) is 11.8 Å². The van der Waals surface area contributed by atoms with Gasteiger partial charge in [-0.05, 0) is 0 Å². The molecule has 0 aliphatic rings. The van der Waals surface area contributed by atoms with Crippen LogP contribution in [0.1, 0.15) is 38.1 Å². The van der Waals surface area contributed by atoms with Crippen LogP contribution in [0.2, 0.25) is 0 Å². The molecule has 0 unspecified atom stereocenters. The van der Waals surface area contributed by atoms with E-state index >= 15 is 0 Å². The number of hydrogen-bond donors (Lipinski definition) is 2. The Morgan fingerprint density at radius 1 is 0.464 bits per heavy atom. The minimum Gasteiger partial charge on any atom is -0.388 e. The minimum atomic E-state index is -0.362. The van der Waals surface area contributed by atoms with Gasteiger partial charge in [-0.2, -0.15) is 5.11 Å². The number of hydrogen-bond acceptors (Lipinski definition) is 25. The third-order valence-corrected chi connectivity index (χ3v) is 11.1. The fourth-order valence-electron chi connectivity index (χ4n) is 7.01. The molecule has 5 heterocycles. The van der Waals surface area contributed by atoms with Crippen LogP contribution in [0.5, 0.6) is 0 Å². The topological polar surface area (TPSA) is 335 Å². The molecule has 452 valence electrons. The van der Waals surface area contributed by atoms with E-state index in [9.17, 15) is 9.59 Å². The number of carbonyl (C=O) groups excluding carboxylic acids is 2. The van der Waals surface area contributed by atoms with Crippen LogP contribution in [0.15, 0.2) is 48.0 Å². The monoisotopic (exact) mass is 1170 g/mol. The second kappa shape index (κ2) is 41.6. The lowest BCUT2D eigenvalue weighted by Crippen LogP contribution is -2.38. The van der Waals surface area contributed by atoms with Crippen LogP contribution in [-0.2, 0) is 99.9 Å². The highest BCUT2D eigenvalue weighted by Crippen LogP contribution is 2.08. The summed E-state index contributed by atoms with van der Waals surface area (Å²) < 4.78 is 62.7. The lowest BCUT2D eigenvalue weighted by Gasteiger charge is -2.21. The summed E-state index contributed by atoms with van der Waals surface area (Å²) in [4.78, 5) is 31.0. The van der Waals surface area contributed by atoms with E-state index in [1.54, 1.807) is 61.0 Å². The molecule has 0 aliphatic heterocycles. The number of carbonyl (C=O) groups is 2. The molecule has 0 bridgehead atoms. The second-order valence-electron chi connectivity index (χ2n) is 17.4. The van der Waals surface area contributed by atoms with Gasteiger partial charge in [0.2, 0.25) is 0 Å². The fourth-order valence-corrected chi connectivity index (χ4v) is 7.01. The normalized spacial score (nSPS) is 11.3. The van der Waals surface area contributed by atoms with Gasteiger partial charge >= 0.3 is 0 Å². The van der Waals surface area contributed by atoms with Crippen molar-refractivity contribution in [2.24, 2.45) is 5.11 Å². The van der Waals surface area contributed by atoms with Gasteiger partial charge < -0.3 is 62.5 Å². The molecule has 0 fully saturated rings. The summed E-state index contributed by atoms with van der Waals surface area (Å²) in [6, 6.07) is 0. The van der Waals surface area contributed by atoms with Crippen LogP contribution in [0.3, 0.4) is 0 Å². The van der Waals surface area contributed by atoms with Gasteiger partial charge in [-0.25, -0.2) is 14.9 Å². The summed E-state index contributed by atoms with van der Waals surface area (Å²) in [6.45, 7) is 8.29. The molecule has 84 heavy (non-hydrogen) atoms. The van der Waals surface area contributed by atoms with Crippen LogP contribution < -0.4 is 5.32 Å². The first-order chi connectivity index (χ1) is 41.3. The van der Waals surface area contributed by atoms with Crippen molar-refractivity contribution in [2.45, 2.75) is 52.5 Å². The molecule has 0 saturated heterocycles. The molecule has 5 rings (SSSR count). The number of nitrogens with one attached hydrogen (secondary N) is 2. The van der Waals surface area contributed by atoms with E-state index in [2.05, 4.69) is 85.7 Å². The lowest BCUT2D eigenvalue weighted by molar-refractivity contribution is 0.0402. The Labute approximate surface area is 486 Å². The van der Waals surface area contributed by atoms with Crippen molar-refractivity contribution >= 4 is 11.8 Å². The summed E-state index contributed by atoms with van der Waals surface area (Å²) in [5, 5.41) is 48.3. The van der Waals surface area contributed by atoms with Gasteiger partial charge in [-0.1, -0.05) is 49.7 Å². The predicted molar refractivity (Wildman–Crippen MR) is 293 cm³/mol. The molecule has 0 spiro atoms. The zero-order valence-corrected chi connectivity index (χ0v) is 46.9. The number of amides is 2. The van der Waals surface area contributed by atoms with Crippen LogP contribution >= 0.6 is 0 Å². The zero-order valence-electron chi connectivity index (χ0n) is 46.9. The Bertz CT molecular complexity index is 2790. The van der Waals surface area contributed by atoms with E-state index in [1.165, 1.54) is 9.36 Å². The molecule has 0 saturated carbocycles. The second-order valence-corrected chi connectivity index (χ2v) is 17.4. The molecular formula is C52H72N20O12. The number of aromatic nitrogens is 15. The summed E-state index contributed by atoms with van der Waals surface area (Å²) in [6.07, 6.45) is 30.7. The Morgan fingerprint density at radius 3 is 1.20 bits per heavy atom. The Kier molecular flexibility index (Phi) is 32.9. The summed E-state index contributed by atoms with van der Waals surface area (Å²) in [5.74, 6) is 8.88. The third kappa shape index (κ3) is 27.1. The van der Waals surface area contributed by atoms with Crippen molar-refractivity contribution in [1.82, 2.24) is 90.1 Å². The minimum absolute atomic E-state index is 0.0765. The molecule has 0 radical (unpaired) electrons. The molecule has 0 aliphatic carbocycles. The maximum absolute atomic E-state index is 13.9. The molecule has 2 amide bonds. The first kappa shape index (κ1) is 66.4. The molecule has 0 atom stereocenters. The summed E-state index contributed by atoms with van der Waals surface area (Å²) in [5.41, 5.74) is 9.96. The van der Waals surface area contributed by atoms with Gasteiger partial charge in [0.05, 0.1) is 169 Å². The summed E-state index contributed by atoms with van der Waals surface area (Å²) in [7, 11) is 0. The highest BCUT2D eigenvalue weighted by molar-refractivity contribution is 5.92. The highest BCUT2D eigenvalue weighted by atomic mass is 16.5. The van der Waals surface area contributed by atoms with Crippen molar-refractivity contribution in [3.63, 3.8) is 0 Å². The highest BCUT2D eigenvalue weighted by Gasteiger charge is 2.22. The van der Waals surface area contributed by atoms with Crippen LogP contribution in [-0.4, -0.2) is 242 Å². The van der Waals surface area contributed by atoms with Gasteiger partial charge in [0, 0.05) is 38.9 Å². The number of terminal acetylenes is 4. The van der Waals surface area contributed by atoms with Crippen molar-refractivity contribution in [3.8, 4) is 49.4 Å².